The Bertz CT molecular complexity index is 390. The largest absolute Gasteiger partial charge is 0.433 e. The van der Waals surface area contributed by atoms with E-state index in [-0.39, 0.29) is 0 Å². The van der Waals surface area contributed by atoms with Crippen LogP contribution in [-0.4, -0.2) is 47.4 Å². The molecule has 132 valence electrons. The van der Waals surface area contributed by atoms with Crippen LogP contribution in [0.1, 0.15) is 0 Å². The van der Waals surface area contributed by atoms with Gasteiger partial charge in [-0.3, -0.25) is 0 Å². The molecule has 0 saturated heterocycles. The predicted octanol–water partition coefficient (Wildman–Crippen LogP) is 3.78. The summed E-state index contributed by atoms with van der Waals surface area (Å²) in [5.41, 5.74) is 1.92. The maximum absolute atomic E-state index is 9.99. The third-order valence-corrected chi connectivity index (χ3v) is 19.4. The van der Waals surface area contributed by atoms with Crippen molar-refractivity contribution in [2.75, 3.05) is 0 Å². The van der Waals surface area contributed by atoms with Crippen molar-refractivity contribution in [2.45, 2.75) is 65.5 Å². The van der Waals surface area contributed by atoms with Crippen LogP contribution in [0.15, 0.2) is 12.3 Å². The van der Waals surface area contributed by atoms with E-state index in [0.29, 0.717) is 0 Å². The highest BCUT2D eigenvalue weighted by atomic mass is 28.5. The molecule has 10 heteroatoms. The summed E-state index contributed by atoms with van der Waals surface area (Å²) in [6.45, 7) is 23.6. The van der Waals surface area contributed by atoms with Crippen molar-refractivity contribution in [3.05, 3.63) is 12.3 Å². The van der Waals surface area contributed by atoms with Crippen LogP contribution in [0.2, 0.25) is 65.5 Å². The van der Waals surface area contributed by atoms with Crippen LogP contribution >= 0.6 is 0 Å². The normalized spacial score (nSPS) is 15.0. The predicted molar refractivity (Wildman–Crippen MR) is 104 cm³/mol. The van der Waals surface area contributed by atoms with Gasteiger partial charge in [-0.1, -0.05) is 5.70 Å². The van der Waals surface area contributed by atoms with E-state index in [1.165, 1.54) is 0 Å². The molecule has 0 aliphatic carbocycles. The Morgan fingerprint density at radius 2 is 0.955 bits per heavy atom. The van der Waals surface area contributed by atoms with Crippen LogP contribution in [0.25, 0.3) is 0 Å². The molecule has 0 aromatic carbocycles. The molecule has 5 nitrogen and oxygen atoms in total. The summed E-state index contributed by atoms with van der Waals surface area (Å²) in [5, 5.41) is 0. The number of rotatable bonds is 9. The van der Waals surface area contributed by atoms with E-state index in [0.717, 1.165) is 0 Å². The Balaban J connectivity index is 4.92. The van der Waals surface area contributed by atoms with Crippen LogP contribution < -0.4 is 0 Å². The molecule has 0 saturated carbocycles. The fourth-order valence-electron chi connectivity index (χ4n) is 2.52. The summed E-state index contributed by atoms with van der Waals surface area (Å²) in [7, 11) is -11.7. The summed E-state index contributed by atoms with van der Waals surface area (Å²) in [6.07, 6.45) is 0. The molecule has 0 radical (unpaired) electrons. The third kappa shape index (κ3) is 10.4. The Hall–Kier alpha value is 0.624. The van der Waals surface area contributed by atoms with Crippen molar-refractivity contribution in [3.8, 4) is 0 Å². The Labute approximate surface area is 141 Å². The second-order valence-electron chi connectivity index (χ2n) is 7.86. The molecular weight excluding hydrogens is 365 g/mol. The van der Waals surface area contributed by atoms with Crippen molar-refractivity contribution < 1.29 is 21.3 Å². The maximum Gasteiger partial charge on any atom is 0.320 e. The van der Waals surface area contributed by atoms with E-state index in [9.17, 15) is 4.80 Å². The minimum absolute atomic E-state index is 1.75. The van der Waals surface area contributed by atoms with E-state index < -0.39 is 42.6 Å². The second-order valence-corrected chi connectivity index (χ2v) is 26.0. The molecule has 0 aliphatic heterocycles. The van der Waals surface area contributed by atoms with Gasteiger partial charge in [-0.15, -0.1) is 6.58 Å². The van der Waals surface area contributed by atoms with Crippen LogP contribution in [0.3, 0.4) is 0 Å². The van der Waals surface area contributed by atoms with Gasteiger partial charge in [-0.25, -0.2) is 0 Å². The topological polar surface area (TPSA) is 57.2 Å². The molecule has 0 aromatic heterocycles. The van der Waals surface area contributed by atoms with Gasteiger partial charge in [0.25, 0.3) is 0 Å². The lowest BCUT2D eigenvalue weighted by molar-refractivity contribution is 0.281. The van der Waals surface area contributed by atoms with Crippen molar-refractivity contribution in [1.82, 2.24) is 0 Å². The average Bonchev–Trinajstić information content (AvgIpc) is 2.06. The number of hydrogen-bond acceptors (Lipinski definition) is 5. The highest BCUT2D eigenvalue weighted by Crippen LogP contribution is 2.25. The zero-order valence-electron chi connectivity index (χ0n) is 15.9. The van der Waals surface area contributed by atoms with E-state index in [4.69, 9.17) is 16.5 Å². The first-order chi connectivity index (χ1) is 9.39. The molecular formula is C12H34O5Si5. The highest BCUT2D eigenvalue weighted by molar-refractivity contribution is 6.90. The molecule has 0 spiro atoms. The van der Waals surface area contributed by atoms with Gasteiger partial charge in [0.2, 0.25) is 0 Å². The van der Waals surface area contributed by atoms with E-state index in [1.54, 1.807) is 13.1 Å². The zero-order chi connectivity index (χ0) is 18.0. The second kappa shape index (κ2) is 7.25. The van der Waals surface area contributed by atoms with Gasteiger partial charge in [-0.2, -0.15) is 0 Å². The molecule has 0 rings (SSSR count). The highest BCUT2D eigenvalue weighted by Gasteiger charge is 2.45. The van der Waals surface area contributed by atoms with Gasteiger partial charge < -0.3 is 21.3 Å². The minimum Gasteiger partial charge on any atom is -0.433 e. The molecule has 1 N–H and O–H groups in total. The van der Waals surface area contributed by atoms with E-state index in [2.05, 4.69) is 19.7 Å². The summed E-state index contributed by atoms with van der Waals surface area (Å²) >= 11 is 0. The first-order valence-electron chi connectivity index (χ1n) is 7.55. The van der Waals surface area contributed by atoms with Crippen LogP contribution in [0.4, 0.5) is 0 Å². The first kappa shape index (κ1) is 22.6. The van der Waals surface area contributed by atoms with Gasteiger partial charge in [0.15, 0.2) is 8.32 Å². The number of hydrogen-bond donors (Lipinski definition) is 1. The van der Waals surface area contributed by atoms with Crippen molar-refractivity contribution in [2.24, 2.45) is 0 Å². The first-order valence-corrected chi connectivity index (χ1v) is 21.8. The van der Waals surface area contributed by atoms with Crippen molar-refractivity contribution in [3.63, 3.8) is 0 Å². The lowest BCUT2D eigenvalue weighted by Crippen LogP contribution is -2.58. The molecule has 22 heavy (non-hydrogen) atoms. The molecule has 0 unspecified atom stereocenters. The molecule has 0 atom stereocenters. The Kier molecular flexibility index (Phi) is 7.45. The van der Waals surface area contributed by atoms with Crippen LogP contribution in [0, 0.1) is 0 Å². The van der Waals surface area contributed by atoms with E-state index >= 15 is 0 Å². The smallest absolute Gasteiger partial charge is 0.320 e. The van der Waals surface area contributed by atoms with Gasteiger partial charge in [0.1, 0.15) is 0 Å². The lowest BCUT2D eigenvalue weighted by atomic mass is 11.3. The molecule has 0 amide bonds. The standard InChI is InChI=1S/C12H34O5Si5/c1-12-18(2,3)14-20(6,7)16-22(10,11)17-21(8,9)15-19(4,5)13/h12-13H,1H2,2-11H3. The van der Waals surface area contributed by atoms with Gasteiger partial charge in [-0.05, 0) is 65.5 Å². The van der Waals surface area contributed by atoms with Gasteiger partial charge >= 0.3 is 34.2 Å². The quantitative estimate of drug-likeness (QED) is 0.599. The van der Waals surface area contributed by atoms with Crippen LogP contribution in [-0.2, 0) is 16.5 Å². The van der Waals surface area contributed by atoms with Crippen molar-refractivity contribution >= 4 is 42.6 Å². The monoisotopic (exact) mass is 398 g/mol. The Morgan fingerprint density at radius 3 is 1.27 bits per heavy atom. The molecule has 0 heterocycles. The van der Waals surface area contributed by atoms with Crippen LogP contribution in [0.5, 0.6) is 0 Å². The fourth-order valence-corrected chi connectivity index (χ4v) is 23.8. The minimum atomic E-state index is -2.62. The molecule has 0 aliphatic rings. The summed E-state index contributed by atoms with van der Waals surface area (Å²) in [6, 6.07) is 0. The molecule has 0 aromatic rings. The van der Waals surface area contributed by atoms with Crippen molar-refractivity contribution in [1.29, 1.82) is 0 Å². The van der Waals surface area contributed by atoms with E-state index in [1.807, 2.05) is 45.0 Å². The fraction of sp³-hybridized carbons (Fsp3) is 0.833. The average molecular weight is 399 g/mol. The van der Waals surface area contributed by atoms with Gasteiger partial charge in [0.05, 0.1) is 0 Å². The third-order valence-electron chi connectivity index (χ3n) is 2.48. The summed E-state index contributed by atoms with van der Waals surface area (Å²) < 4.78 is 24.6. The molecule has 0 bridgehead atoms. The Morgan fingerprint density at radius 1 is 0.636 bits per heavy atom. The van der Waals surface area contributed by atoms with Gasteiger partial charge in [0, 0.05) is 0 Å². The summed E-state index contributed by atoms with van der Waals surface area (Å²) in [4.78, 5) is 9.99. The SMILES string of the molecule is C=C[Si](C)(C)O[Si](C)(C)O[Si](C)(C)O[Si](C)(C)O[Si](C)(C)O. The zero-order valence-corrected chi connectivity index (χ0v) is 20.9. The maximum atomic E-state index is 9.99. The molecule has 0 fully saturated rings. The summed E-state index contributed by atoms with van der Waals surface area (Å²) in [5.74, 6) is 0. The lowest BCUT2D eigenvalue weighted by Gasteiger charge is -2.41.